The minimum absolute atomic E-state index is 0. The number of rotatable bonds is 2. The van der Waals surface area contributed by atoms with Crippen molar-refractivity contribution < 1.29 is 34.4 Å². The summed E-state index contributed by atoms with van der Waals surface area (Å²) in [5, 5.41) is 0. The molecule has 0 fully saturated rings. The molecular weight excluding hydrogens is 145 g/mol. The van der Waals surface area contributed by atoms with Crippen LogP contribution in [0.2, 0.25) is 0 Å². The molecule has 4 heteroatoms. The van der Waals surface area contributed by atoms with E-state index < -0.39 is 0 Å². The van der Waals surface area contributed by atoms with Crippen LogP contribution in [0.4, 0.5) is 0 Å². The Kier molecular flexibility index (Phi) is 9.62. The summed E-state index contributed by atoms with van der Waals surface area (Å²) in [5.41, 5.74) is 0. The van der Waals surface area contributed by atoms with Gasteiger partial charge in [0.15, 0.2) is 0 Å². The van der Waals surface area contributed by atoms with Crippen molar-refractivity contribution in [3.05, 3.63) is 0 Å². The molecule has 0 aliphatic carbocycles. The minimum Gasteiger partial charge on any atom is -0.792 e. The monoisotopic (exact) mass is 155 g/mol. The standard InChI is InChI=1S/C5H11NOS.Na/c1-6(2)5(7)3-4-8;/h8H,3-4H2,1-2H3;/q;+1/p-1. The zero-order chi connectivity index (χ0) is 6.57. The van der Waals surface area contributed by atoms with E-state index in [9.17, 15) is 4.79 Å². The van der Waals surface area contributed by atoms with Crippen LogP contribution in [-0.4, -0.2) is 30.7 Å². The quantitative estimate of drug-likeness (QED) is 0.313. The summed E-state index contributed by atoms with van der Waals surface area (Å²) in [6.07, 6.45) is 0.488. The van der Waals surface area contributed by atoms with Crippen molar-refractivity contribution in [2.75, 3.05) is 19.8 Å². The first kappa shape index (κ1) is 12.5. The second kappa shape index (κ2) is 6.93. The van der Waals surface area contributed by atoms with E-state index >= 15 is 0 Å². The molecule has 0 rings (SSSR count). The number of carbonyl (C=O) groups is 1. The van der Waals surface area contributed by atoms with Crippen LogP contribution >= 0.6 is 0 Å². The average Bonchev–Trinajstić information content (AvgIpc) is 1.67. The van der Waals surface area contributed by atoms with Crippen LogP contribution in [0.5, 0.6) is 0 Å². The smallest absolute Gasteiger partial charge is 0.792 e. The van der Waals surface area contributed by atoms with E-state index in [1.54, 1.807) is 19.0 Å². The van der Waals surface area contributed by atoms with Crippen molar-refractivity contribution in [2.24, 2.45) is 0 Å². The number of nitrogens with zero attached hydrogens (tertiary/aromatic N) is 1. The molecule has 0 aromatic carbocycles. The van der Waals surface area contributed by atoms with E-state index in [1.165, 1.54) is 0 Å². The van der Waals surface area contributed by atoms with Gasteiger partial charge in [-0.2, -0.15) is 5.75 Å². The van der Waals surface area contributed by atoms with E-state index in [1.807, 2.05) is 0 Å². The van der Waals surface area contributed by atoms with E-state index in [0.29, 0.717) is 12.2 Å². The Balaban J connectivity index is 0. The fourth-order valence-electron chi connectivity index (χ4n) is 0.311. The third kappa shape index (κ3) is 6.71. The maximum absolute atomic E-state index is 10.6. The molecule has 0 aliphatic heterocycles. The summed E-state index contributed by atoms with van der Waals surface area (Å²) < 4.78 is 0. The predicted octanol–water partition coefficient (Wildman–Crippen LogP) is -2.98. The first-order chi connectivity index (χ1) is 3.68. The molecule has 0 saturated heterocycles. The second-order valence-corrected chi connectivity index (χ2v) is 2.15. The van der Waals surface area contributed by atoms with Crippen LogP contribution in [0, 0.1) is 0 Å². The fourth-order valence-corrected chi connectivity index (χ4v) is 0.486. The topological polar surface area (TPSA) is 20.3 Å². The largest absolute Gasteiger partial charge is 1.00 e. The summed E-state index contributed by atoms with van der Waals surface area (Å²) in [5.74, 6) is 0.636. The molecule has 0 unspecified atom stereocenters. The van der Waals surface area contributed by atoms with Crippen molar-refractivity contribution in [3.63, 3.8) is 0 Å². The van der Waals surface area contributed by atoms with E-state index in [4.69, 9.17) is 0 Å². The van der Waals surface area contributed by atoms with Crippen molar-refractivity contribution in [3.8, 4) is 0 Å². The van der Waals surface area contributed by atoms with E-state index in [2.05, 4.69) is 12.6 Å². The van der Waals surface area contributed by atoms with Gasteiger partial charge >= 0.3 is 29.6 Å². The van der Waals surface area contributed by atoms with Gasteiger partial charge in [-0.25, -0.2) is 0 Å². The van der Waals surface area contributed by atoms with Gasteiger partial charge in [0, 0.05) is 20.5 Å². The molecule has 0 spiro atoms. The summed E-state index contributed by atoms with van der Waals surface area (Å²) in [7, 11) is 3.46. The van der Waals surface area contributed by atoms with Gasteiger partial charge in [-0.3, -0.25) is 4.79 Å². The van der Waals surface area contributed by atoms with Crippen LogP contribution in [0.15, 0.2) is 0 Å². The van der Waals surface area contributed by atoms with Crippen LogP contribution in [0.1, 0.15) is 6.42 Å². The summed E-state index contributed by atoms with van der Waals surface area (Å²) in [6.45, 7) is 0. The van der Waals surface area contributed by atoms with Crippen molar-refractivity contribution in [1.29, 1.82) is 0 Å². The summed E-state index contributed by atoms with van der Waals surface area (Å²) in [6, 6.07) is 0. The molecule has 0 aliphatic rings. The Bertz CT molecular complexity index is 87.0. The Morgan fingerprint density at radius 1 is 1.56 bits per heavy atom. The SMILES string of the molecule is CN(C)C(=O)CC[S-].[Na+]. The molecule has 0 aromatic heterocycles. The molecule has 0 bridgehead atoms. The number of hydrogen-bond donors (Lipinski definition) is 0. The first-order valence-corrected chi connectivity index (χ1v) is 3.04. The molecule has 9 heavy (non-hydrogen) atoms. The van der Waals surface area contributed by atoms with Crippen molar-refractivity contribution in [1.82, 2.24) is 4.90 Å². The van der Waals surface area contributed by atoms with Crippen LogP contribution in [-0.2, 0) is 17.4 Å². The van der Waals surface area contributed by atoms with Gasteiger partial charge in [-0.15, -0.1) is 0 Å². The Hall–Kier alpha value is 0.820. The normalized spacial score (nSPS) is 7.89. The van der Waals surface area contributed by atoms with Crippen LogP contribution in [0.3, 0.4) is 0 Å². The van der Waals surface area contributed by atoms with Crippen LogP contribution in [0.25, 0.3) is 0 Å². The molecule has 0 saturated carbocycles. The summed E-state index contributed by atoms with van der Waals surface area (Å²) in [4.78, 5) is 12.1. The Morgan fingerprint density at radius 2 is 2.00 bits per heavy atom. The molecule has 0 radical (unpaired) electrons. The maximum Gasteiger partial charge on any atom is 1.00 e. The number of hydrogen-bond acceptors (Lipinski definition) is 2. The first-order valence-electron chi connectivity index (χ1n) is 2.46. The molecule has 0 heterocycles. The molecule has 0 N–H and O–H groups in total. The van der Waals surface area contributed by atoms with Gasteiger partial charge in [-0.05, 0) is 0 Å². The zero-order valence-corrected chi connectivity index (χ0v) is 8.99. The van der Waals surface area contributed by atoms with E-state index in [-0.39, 0.29) is 35.5 Å². The number of carbonyl (C=O) groups excluding carboxylic acids is 1. The molecule has 0 atom stereocenters. The minimum atomic E-state index is 0. The Labute approximate surface area is 83.7 Å². The number of amides is 1. The average molecular weight is 155 g/mol. The zero-order valence-electron chi connectivity index (χ0n) is 6.18. The third-order valence-corrected chi connectivity index (χ3v) is 1.02. The van der Waals surface area contributed by atoms with Gasteiger partial charge in [-0.1, -0.05) is 0 Å². The van der Waals surface area contributed by atoms with Gasteiger partial charge in [0.25, 0.3) is 0 Å². The predicted molar refractivity (Wildman–Crippen MR) is 35.5 cm³/mol. The van der Waals surface area contributed by atoms with Gasteiger partial charge in [0.2, 0.25) is 5.91 Å². The summed E-state index contributed by atoms with van der Waals surface area (Å²) >= 11 is 4.60. The second-order valence-electron chi connectivity index (χ2n) is 1.74. The van der Waals surface area contributed by atoms with E-state index in [0.717, 1.165) is 0 Å². The molecule has 1 amide bonds. The third-order valence-electron chi connectivity index (χ3n) is 0.815. The van der Waals surface area contributed by atoms with Crippen LogP contribution < -0.4 is 29.6 Å². The molecule has 0 aromatic rings. The maximum atomic E-state index is 10.6. The van der Waals surface area contributed by atoms with Gasteiger partial charge < -0.3 is 17.5 Å². The van der Waals surface area contributed by atoms with Crippen molar-refractivity contribution >= 4 is 18.5 Å². The van der Waals surface area contributed by atoms with Gasteiger partial charge in [0.1, 0.15) is 0 Å². The fraction of sp³-hybridized carbons (Fsp3) is 0.800. The van der Waals surface area contributed by atoms with Crippen molar-refractivity contribution in [2.45, 2.75) is 6.42 Å². The molecular formula is C5H10NNaOS. The Morgan fingerprint density at radius 3 is 2.11 bits per heavy atom. The molecule has 2 nitrogen and oxygen atoms in total. The molecule has 48 valence electrons. The van der Waals surface area contributed by atoms with Gasteiger partial charge in [0.05, 0.1) is 0 Å².